The van der Waals surface area contributed by atoms with E-state index in [4.69, 9.17) is 10.8 Å². The Kier molecular flexibility index (Phi) is 3.53. The molecule has 94 valence electrons. The fourth-order valence-corrected chi connectivity index (χ4v) is 2.85. The molecule has 0 spiro atoms. The van der Waals surface area contributed by atoms with Crippen LogP contribution in [0.15, 0.2) is 18.2 Å². The number of anilines is 1. The van der Waals surface area contributed by atoms with Crippen molar-refractivity contribution < 1.29 is 14.7 Å². The average molecular weight is 282 g/mol. The zero-order valence-electron chi connectivity index (χ0n) is 9.16. The van der Waals surface area contributed by atoms with E-state index in [1.165, 1.54) is 11.3 Å². The third kappa shape index (κ3) is 2.62. The molecule has 0 aliphatic heterocycles. The van der Waals surface area contributed by atoms with Crippen LogP contribution in [-0.4, -0.2) is 21.2 Å². The van der Waals surface area contributed by atoms with Gasteiger partial charge in [0, 0.05) is 12.1 Å². The smallest absolute Gasteiger partial charge is 0.313 e. The second-order valence-corrected chi connectivity index (χ2v) is 5.33. The second-order valence-electron chi connectivity index (χ2n) is 3.77. The molecule has 0 aliphatic carbocycles. The van der Waals surface area contributed by atoms with Gasteiger partial charge in [0.1, 0.15) is 10.9 Å². The number of benzene rings is 1. The minimum absolute atomic E-state index is 0.173. The van der Waals surface area contributed by atoms with E-state index in [1.807, 2.05) is 0 Å². The Balaban J connectivity index is 2.44. The quantitative estimate of drug-likeness (QED) is 0.588. The molecule has 0 saturated carbocycles. The molecule has 1 aromatic carbocycles. The zero-order chi connectivity index (χ0) is 13.3. The largest absolute Gasteiger partial charge is 0.481 e. The molecule has 0 amide bonds. The van der Waals surface area contributed by atoms with E-state index in [1.54, 1.807) is 18.2 Å². The number of thiazole rings is 1. The lowest BCUT2D eigenvalue weighted by Crippen LogP contribution is -2.13. The number of fused-ring (bicyclic) bond motifs is 1. The molecule has 2 aromatic rings. The maximum Gasteiger partial charge on any atom is 0.313 e. The summed E-state index contributed by atoms with van der Waals surface area (Å²) in [4.78, 5) is 26.3. The highest BCUT2D eigenvalue weighted by atomic mass is 32.1. The summed E-state index contributed by atoms with van der Waals surface area (Å²) in [6, 6.07) is 5.16. The van der Waals surface area contributed by atoms with Gasteiger partial charge in [0.25, 0.3) is 0 Å². The van der Waals surface area contributed by atoms with E-state index in [0.717, 1.165) is 4.70 Å². The van der Waals surface area contributed by atoms with Gasteiger partial charge in [-0.1, -0.05) is 0 Å². The normalized spacial score (nSPS) is 12.5. The van der Waals surface area contributed by atoms with E-state index in [-0.39, 0.29) is 6.42 Å². The monoisotopic (exact) mass is 282 g/mol. The fraction of sp³-hybridized carbons (Fsp3) is 0.182. The number of hydrogen-bond donors (Lipinski definition) is 3. The first-order valence-corrected chi connectivity index (χ1v) is 6.34. The number of rotatable bonds is 4. The number of aromatic nitrogens is 1. The Morgan fingerprint density at radius 3 is 2.83 bits per heavy atom. The van der Waals surface area contributed by atoms with Crippen LogP contribution < -0.4 is 5.73 Å². The summed E-state index contributed by atoms with van der Waals surface area (Å²) >= 11 is 4.85. The van der Waals surface area contributed by atoms with Gasteiger partial charge in [0.15, 0.2) is 5.12 Å². The number of carbonyl (C=O) groups excluding carboxylic acids is 1. The Hall–Kier alpha value is -1.60. The van der Waals surface area contributed by atoms with Crippen LogP contribution in [0.2, 0.25) is 0 Å². The van der Waals surface area contributed by atoms with Crippen molar-refractivity contribution >= 4 is 51.0 Å². The lowest BCUT2D eigenvalue weighted by Gasteiger charge is -2.05. The van der Waals surface area contributed by atoms with Crippen molar-refractivity contribution in [3.05, 3.63) is 23.2 Å². The molecule has 0 saturated heterocycles. The van der Waals surface area contributed by atoms with Crippen molar-refractivity contribution in [1.29, 1.82) is 0 Å². The first-order chi connectivity index (χ1) is 8.47. The van der Waals surface area contributed by atoms with Crippen LogP contribution >= 0.6 is 24.0 Å². The molecule has 18 heavy (non-hydrogen) atoms. The van der Waals surface area contributed by atoms with Crippen molar-refractivity contribution in [2.75, 3.05) is 5.73 Å². The van der Waals surface area contributed by atoms with Crippen LogP contribution in [0.5, 0.6) is 0 Å². The number of aliphatic carboxylic acids is 1. The molecule has 0 radical (unpaired) electrons. The van der Waals surface area contributed by atoms with Crippen LogP contribution in [0.25, 0.3) is 10.2 Å². The maximum atomic E-state index is 11.1. The van der Waals surface area contributed by atoms with Crippen molar-refractivity contribution in [1.82, 2.24) is 4.98 Å². The van der Waals surface area contributed by atoms with Gasteiger partial charge in [-0.25, -0.2) is 4.98 Å². The van der Waals surface area contributed by atoms with Crippen molar-refractivity contribution in [2.24, 2.45) is 0 Å². The van der Waals surface area contributed by atoms with Crippen LogP contribution in [-0.2, 0) is 9.59 Å². The first-order valence-electron chi connectivity index (χ1n) is 5.08. The molecule has 1 atom stereocenters. The van der Waals surface area contributed by atoms with E-state index in [9.17, 15) is 9.59 Å². The highest BCUT2D eigenvalue weighted by Gasteiger charge is 2.25. The summed E-state index contributed by atoms with van der Waals surface area (Å²) in [6.07, 6.45) is -0.173. The number of nitrogens with two attached hydrogens (primary N) is 1. The molecule has 3 N–H and O–H groups in total. The Bertz CT molecular complexity index is 624. The second kappa shape index (κ2) is 4.95. The molecule has 2 rings (SSSR count). The summed E-state index contributed by atoms with van der Waals surface area (Å²) < 4.78 is 0.808. The number of carboxylic acids is 1. The number of carbonyl (C=O) groups is 2. The van der Waals surface area contributed by atoms with Gasteiger partial charge in [0.05, 0.1) is 10.2 Å². The topological polar surface area (TPSA) is 93.3 Å². The zero-order valence-corrected chi connectivity index (χ0v) is 10.9. The third-order valence-corrected chi connectivity index (χ3v) is 3.72. The maximum absolute atomic E-state index is 11.1. The minimum atomic E-state index is -1.08. The fourth-order valence-electron chi connectivity index (χ4n) is 1.56. The standard InChI is InChI=1S/C11H10N2O3S2/c12-5-1-2-7-8(3-5)18-10(13-7)6(11(15)16)4-9(14)17/h1-3,6H,4,12H2,(H,14,17)(H,15,16). The van der Waals surface area contributed by atoms with Gasteiger partial charge in [0.2, 0.25) is 0 Å². The molecule has 0 aliphatic rings. The number of hydrogen-bond acceptors (Lipinski definition) is 5. The number of thiol groups is 1. The molecular formula is C11H10N2O3S2. The molecule has 1 unspecified atom stereocenters. The Morgan fingerprint density at radius 1 is 1.50 bits per heavy atom. The predicted octanol–water partition coefficient (Wildman–Crippen LogP) is 1.89. The summed E-state index contributed by atoms with van der Waals surface area (Å²) in [6.45, 7) is 0. The molecule has 5 nitrogen and oxygen atoms in total. The Labute approximate surface area is 112 Å². The SMILES string of the molecule is Nc1ccc2nc(C(CC(=O)S)C(=O)O)sc2c1. The molecule has 0 fully saturated rings. The van der Waals surface area contributed by atoms with Gasteiger partial charge in [-0.2, -0.15) is 0 Å². The number of nitrogen functional groups attached to an aromatic ring is 1. The molecule has 7 heteroatoms. The Morgan fingerprint density at radius 2 is 2.22 bits per heavy atom. The van der Waals surface area contributed by atoms with E-state index >= 15 is 0 Å². The molecular weight excluding hydrogens is 272 g/mol. The van der Waals surface area contributed by atoms with Crippen LogP contribution in [0.4, 0.5) is 5.69 Å². The molecule has 1 heterocycles. The van der Waals surface area contributed by atoms with Gasteiger partial charge in [-0.3, -0.25) is 9.59 Å². The van der Waals surface area contributed by atoms with Gasteiger partial charge in [-0.05, 0) is 18.2 Å². The first kappa shape index (κ1) is 12.8. The lowest BCUT2D eigenvalue weighted by molar-refractivity contribution is -0.139. The third-order valence-electron chi connectivity index (χ3n) is 2.40. The van der Waals surface area contributed by atoms with Crippen LogP contribution in [0, 0.1) is 0 Å². The highest BCUT2D eigenvalue weighted by molar-refractivity contribution is 7.96. The minimum Gasteiger partial charge on any atom is -0.481 e. The summed E-state index contributed by atoms with van der Waals surface area (Å²) in [5.41, 5.74) is 6.92. The summed E-state index contributed by atoms with van der Waals surface area (Å²) in [7, 11) is 0. The summed E-state index contributed by atoms with van der Waals surface area (Å²) in [5, 5.41) is 9.03. The van der Waals surface area contributed by atoms with E-state index in [0.29, 0.717) is 16.2 Å². The van der Waals surface area contributed by atoms with Gasteiger partial charge < -0.3 is 10.8 Å². The van der Waals surface area contributed by atoms with E-state index < -0.39 is 17.0 Å². The van der Waals surface area contributed by atoms with Gasteiger partial charge in [-0.15, -0.1) is 24.0 Å². The van der Waals surface area contributed by atoms with Crippen molar-refractivity contribution in [3.63, 3.8) is 0 Å². The van der Waals surface area contributed by atoms with E-state index in [2.05, 4.69) is 17.6 Å². The lowest BCUT2D eigenvalue weighted by atomic mass is 10.1. The van der Waals surface area contributed by atoms with Crippen LogP contribution in [0.1, 0.15) is 17.3 Å². The van der Waals surface area contributed by atoms with Crippen molar-refractivity contribution in [2.45, 2.75) is 12.3 Å². The van der Waals surface area contributed by atoms with Gasteiger partial charge >= 0.3 is 5.97 Å². The highest BCUT2D eigenvalue weighted by Crippen LogP contribution is 2.31. The van der Waals surface area contributed by atoms with Crippen molar-refractivity contribution in [3.8, 4) is 0 Å². The number of nitrogens with zero attached hydrogens (tertiary/aromatic N) is 1. The molecule has 1 aromatic heterocycles. The van der Waals surface area contributed by atoms with Crippen LogP contribution in [0.3, 0.4) is 0 Å². The summed E-state index contributed by atoms with van der Waals surface area (Å²) in [5.74, 6) is -2.03. The average Bonchev–Trinajstić information content (AvgIpc) is 2.67. The molecule has 0 bridgehead atoms. The number of carboxylic acid groups (broad SMARTS) is 1. The predicted molar refractivity (Wildman–Crippen MR) is 73.0 cm³/mol.